The molecule has 0 unspecified atom stereocenters. The third-order valence-electron chi connectivity index (χ3n) is 4.24. The second-order valence-electron chi connectivity index (χ2n) is 6.62. The van der Waals surface area contributed by atoms with Gasteiger partial charge in [-0.25, -0.2) is 0 Å². The van der Waals surface area contributed by atoms with Crippen LogP contribution >= 0.6 is 0 Å². The maximum absolute atomic E-state index is 12.3. The Morgan fingerprint density at radius 3 is 2.46 bits per heavy atom. The zero-order valence-electron chi connectivity index (χ0n) is 15.9. The van der Waals surface area contributed by atoms with Gasteiger partial charge in [-0.1, -0.05) is 13.8 Å². The van der Waals surface area contributed by atoms with Crippen LogP contribution in [0.1, 0.15) is 40.5 Å². The van der Waals surface area contributed by atoms with Crippen LogP contribution in [0.5, 0.6) is 0 Å². The summed E-state index contributed by atoms with van der Waals surface area (Å²) in [6, 6.07) is 0. The molecule has 146 valence electrons. The zero-order valence-corrected chi connectivity index (χ0v) is 15.9. The van der Waals surface area contributed by atoms with E-state index in [1.54, 1.807) is 0 Å². The van der Waals surface area contributed by atoms with Crippen molar-refractivity contribution in [3.8, 4) is 0 Å². The first-order valence-electron chi connectivity index (χ1n) is 9.06. The average Bonchev–Trinajstić information content (AvgIpc) is 2.90. The van der Waals surface area contributed by atoms with Gasteiger partial charge < -0.3 is 24.1 Å². The van der Waals surface area contributed by atoms with Gasteiger partial charge in [0.1, 0.15) is 6.61 Å². The molecule has 26 heavy (non-hydrogen) atoms. The highest BCUT2D eigenvalue weighted by molar-refractivity contribution is 6.03. The number of Topliss-reactive ketones (excluding diaryl/α,β-unsaturated/α-hetero) is 1. The van der Waals surface area contributed by atoms with E-state index in [9.17, 15) is 14.7 Å². The molecule has 1 aliphatic heterocycles. The first-order chi connectivity index (χ1) is 12.4. The van der Waals surface area contributed by atoms with Crippen molar-refractivity contribution in [3.05, 3.63) is 22.3 Å². The van der Waals surface area contributed by atoms with Gasteiger partial charge in [0, 0.05) is 42.8 Å². The minimum atomic E-state index is -0.782. The van der Waals surface area contributed by atoms with Crippen molar-refractivity contribution in [2.75, 3.05) is 26.4 Å². The van der Waals surface area contributed by atoms with Crippen molar-refractivity contribution in [2.45, 2.75) is 53.1 Å². The number of carbonyl (C=O) groups excluding carboxylic acids is 2. The standard InChI is InChI=1S/C19H28O7/c1-5-23-18-14(10-25-16(22)7-11(3)4)12-8-15(21)13(9-20)17(12)19(26-18)24-6-2/h11,18-20H,5-10H2,1-4H3/t18-,19-/m1/s1. The van der Waals surface area contributed by atoms with Crippen molar-refractivity contribution >= 4 is 11.8 Å². The molecule has 7 heteroatoms. The summed E-state index contributed by atoms with van der Waals surface area (Å²) in [7, 11) is 0. The van der Waals surface area contributed by atoms with Gasteiger partial charge in [0.25, 0.3) is 0 Å². The summed E-state index contributed by atoms with van der Waals surface area (Å²) in [6.07, 6.45) is -1.10. The van der Waals surface area contributed by atoms with Gasteiger partial charge in [-0.05, 0) is 25.3 Å². The van der Waals surface area contributed by atoms with Crippen LogP contribution in [0.2, 0.25) is 0 Å². The van der Waals surface area contributed by atoms with Gasteiger partial charge in [0.05, 0.1) is 6.61 Å². The normalized spacial score (nSPS) is 23.1. The fourth-order valence-corrected chi connectivity index (χ4v) is 3.11. The zero-order chi connectivity index (χ0) is 19.3. The number of hydrogen-bond acceptors (Lipinski definition) is 7. The van der Waals surface area contributed by atoms with Crippen LogP contribution in [0.4, 0.5) is 0 Å². The molecule has 0 amide bonds. The summed E-state index contributed by atoms with van der Waals surface area (Å²) in [6.45, 7) is 7.90. The van der Waals surface area contributed by atoms with Crippen molar-refractivity contribution in [1.82, 2.24) is 0 Å². The SMILES string of the molecule is CCO[C@@H]1O[C@@H](OCC)C2=C(CO)C(=O)CC2=C1COC(=O)CC(C)C. The summed E-state index contributed by atoms with van der Waals surface area (Å²) in [5, 5.41) is 9.61. The maximum atomic E-state index is 12.3. The predicted molar refractivity (Wildman–Crippen MR) is 93.1 cm³/mol. The first-order valence-corrected chi connectivity index (χ1v) is 9.06. The van der Waals surface area contributed by atoms with E-state index in [1.165, 1.54) is 0 Å². The lowest BCUT2D eigenvalue weighted by molar-refractivity contribution is -0.220. The fourth-order valence-electron chi connectivity index (χ4n) is 3.11. The van der Waals surface area contributed by atoms with Crippen LogP contribution in [0.15, 0.2) is 22.3 Å². The molecule has 0 aromatic rings. The molecular formula is C19H28O7. The molecule has 2 atom stereocenters. The molecule has 0 fully saturated rings. The van der Waals surface area contributed by atoms with Gasteiger partial charge in [-0.15, -0.1) is 0 Å². The third kappa shape index (κ3) is 4.59. The number of rotatable bonds is 9. The van der Waals surface area contributed by atoms with Crippen LogP contribution in [0.25, 0.3) is 0 Å². The van der Waals surface area contributed by atoms with E-state index in [0.29, 0.717) is 41.9 Å². The van der Waals surface area contributed by atoms with Crippen LogP contribution in [-0.2, 0) is 28.5 Å². The Kier molecular flexibility index (Phi) is 7.52. The molecule has 0 saturated heterocycles. The summed E-state index contributed by atoms with van der Waals surface area (Å²) in [4.78, 5) is 24.2. The molecule has 0 bridgehead atoms. The number of hydrogen-bond donors (Lipinski definition) is 1. The van der Waals surface area contributed by atoms with E-state index >= 15 is 0 Å². The predicted octanol–water partition coefficient (Wildman–Crippen LogP) is 1.89. The lowest BCUT2D eigenvalue weighted by Crippen LogP contribution is -2.37. The largest absolute Gasteiger partial charge is 0.461 e. The molecule has 0 radical (unpaired) electrons. The maximum Gasteiger partial charge on any atom is 0.306 e. The first kappa shape index (κ1) is 20.8. The second kappa shape index (κ2) is 9.41. The third-order valence-corrected chi connectivity index (χ3v) is 4.24. The second-order valence-corrected chi connectivity index (χ2v) is 6.62. The van der Waals surface area contributed by atoms with Crippen molar-refractivity contribution < 1.29 is 33.6 Å². The number of ketones is 1. The molecule has 0 aromatic heterocycles. The Hall–Kier alpha value is -1.54. The van der Waals surface area contributed by atoms with Gasteiger partial charge in [0.2, 0.25) is 0 Å². The molecule has 1 heterocycles. The molecule has 1 aliphatic carbocycles. The number of esters is 1. The van der Waals surface area contributed by atoms with Gasteiger partial charge in [-0.3, -0.25) is 9.59 Å². The molecular weight excluding hydrogens is 340 g/mol. The molecule has 0 spiro atoms. The monoisotopic (exact) mass is 368 g/mol. The minimum absolute atomic E-state index is 0.0140. The molecule has 0 saturated carbocycles. The molecule has 2 aliphatic rings. The van der Waals surface area contributed by atoms with Gasteiger partial charge >= 0.3 is 5.97 Å². The van der Waals surface area contributed by atoms with E-state index in [4.69, 9.17) is 18.9 Å². The highest BCUT2D eigenvalue weighted by atomic mass is 16.8. The number of fused-ring (bicyclic) bond motifs is 1. The smallest absolute Gasteiger partial charge is 0.306 e. The number of carbonyl (C=O) groups is 2. The Bertz CT molecular complexity index is 603. The van der Waals surface area contributed by atoms with Crippen molar-refractivity contribution in [3.63, 3.8) is 0 Å². The van der Waals surface area contributed by atoms with Crippen molar-refractivity contribution in [2.24, 2.45) is 5.92 Å². The molecule has 2 rings (SSSR count). The van der Waals surface area contributed by atoms with Crippen LogP contribution in [0.3, 0.4) is 0 Å². The van der Waals surface area contributed by atoms with Crippen LogP contribution < -0.4 is 0 Å². The Morgan fingerprint density at radius 2 is 1.88 bits per heavy atom. The average molecular weight is 368 g/mol. The van der Waals surface area contributed by atoms with Gasteiger partial charge in [-0.2, -0.15) is 0 Å². The number of aliphatic hydroxyl groups excluding tert-OH is 1. The molecule has 7 nitrogen and oxygen atoms in total. The van der Waals surface area contributed by atoms with E-state index in [2.05, 4.69) is 0 Å². The summed E-state index contributed by atoms with van der Waals surface area (Å²) in [5.41, 5.74) is 2.14. The number of aliphatic hydroxyl groups is 1. The number of ether oxygens (including phenoxy) is 4. The van der Waals surface area contributed by atoms with E-state index in [1.807, 2.05) is 27.7 Å². The Morgan fingerprint density at radius 1 is 1.23 bits per heavy atom. The van der Waals surface area contributed by atoms with E-state index < -0.39 is 12.6 Å². The Labute approximate surface area is 153 Å². The summed E-state index contributed by atoms with van der Waals surface area (Å²) >= 11 is 0. The van der Waals surface area contributed by atoms with Gasteiger partial charge in [0.15, 0.2) is 18.4 Å². The topological polar surface area (TPSA) is 91.3 Å². The highest BCUT2D eigenvalue weighted by Gasteiger charge is 2.42. The van der Waals surface area contributed by atoms with E-state index in [-0.39, 0.29) is 37.3 Å². The highest BCUT2D eigenvalue weighted by Crippen LogP contribution is 2.41. The molecule has 0 aromatic carbocycles. The fraction of sp³-hybridized carbons (Fsp3) is 0.684. The summed E-state index contributed by atoms with van der Waals surface area (Å²) in [5.74, 6) is -0.293. The van der Waals surface area contributed by atoms with Crippen LogP contribution in [0, 0.1) is 5.92 Å². The lowest BCUT2D eigenvalue weighted by atomic mass is 9.97. The minimum Gasteiger partial charge on any atom is -0.461 e. The van der Waals surface area contributed by atoms with E-state index in [0.717, 1.165) is 0 Å². The summed E-state index contributed by atoms with van der Waals surface area (Å²) < 4.78 is 22.5. The Balaban J connectivity index is 2.35. The molecule has 1 N–H and O–H groups in total. The quantitative estimate of drug-likeness (QED) is 0.621. The lowest BCUT2D eigenvalue weighted by Gasteiger charge is -2.34. The van der Waals surface area contributed by atoms with Crippen molar-refractivity contribution in [1.29, 1.82) is 0 Å². The van der Waals surface area contributed by atoms with Crippen LogP contribution in [-0.4, -0.2) is 55.9 Å².